The molecule has 4 rings (SSSR count). The maximum Gasteiger partial charge on any atom is 0.254 e. The minimum atomic E-state index is -0.0000743. The predicted molar refractivity (Wildman–Crippen MR) is 95.0 cm³/mol. The van der Waals surface area contributed by atoms with Crippen molar-refractivity contribution < 1.29 is 4.79 Å². The fraction of sp³-hybridized carbons (Fsp3) is 0.222. The average Bonchev–Trinajstić information content (AvgIpc) is 3.22. The van der Waals surface area contributed by atoms with Crippen molar-refractivity contribution in [3.05, 3.63) is 58.6 Å². The molecule has 1 unspecified atom stereocenters. The number of carbonyl (C=O) groups is 1. The van der Waals surface area contributed by atoms with Crippen LogP contribution in [-0.4, -0.2) is 27.5 Å². The van der Waals surface area contributed by atoms with Gasteiger partial charge in [-0.2, -0.15) is 5.10 Å². The fourth-order valence-corrected chi connectivity index (χ4v) is 3.67. The number of benzene rings is 2. The van der Waals surface area contributed by atoms with Crippen molar-refractivity contribution >= 4 is 34.2 Å². The smallest absolute Gasteiger partial charge is 0.254 e. The quantitative estimate of drug-likeness (QED) is 0.745. The van der Waals surface area contributed by atoms with Crippen LogP contribution < -0.4 is 5.73 Å². The van der Waals surface area contributed by atoms with Crippen LogP contribution in [0.1, 0.15) is 34.8 Å². The standard InChI is InChI=1S/C18H17ClN4O/c19-14-5-2-1-4-12(14)16-6-3-9-23(16)18(24)11-7-8-15-13(10-11)17(20)22-21-15/h1-2,4-5,7-8,10,16H,3,6,9H2,(H3,20,21,22). The number of fused-ring (bicyclic) bond motifs is 1. The van der Waals surface area contributed by atoms with Crippen molar-refractivity contribution in [1.82, 2.24) is 15.1 Å². The summed E-state index contributed by atoms with van der Waals surface area (Å²) in [6, 6.07) is 13.2. The van der Waals surface area contributed by atoms with E-state index in [1.54, 1.807) is 6.07 Å². The number of nitrogens with zero attached hydrogens (tertiary/aromatic N) is 2. The topological polar surface area (TPSA) is 75.0 Å². The molecule has 24 heavy (non-hydrogen) atoms. The molecule has 1 aliphatic rings. The Morgan fingerprint density at radius 2 is 2.12 bits per heavy atom. The summed E-state index contributed by atoms with van der Waals surface area (Å²) >= 11 is 6.34. The molecule has 122 valence electrons. The van der Waals surface area contributed by atoms with Gasteiger partial charge in [-0.05, 0) is 42.7 Å². The summed E-state index contributed by atoms with van der Waals surface area (Å²) in [7, 11) is 0. The lowest BCUT2D eigenvalue weighted by Gasteiger charge is -2.26. The Morgan fingerprint density at radius 3 is 2.96 bits per heavy atom. The van der Waals surface area contributed by atoms with E-state index in [2.05, 4.69) is 10.2 Å². The normalized spacial score (nSPS) is 17.5. The Labute approximate surface area is 144 Å². The summed E-state index contributed by atoms with van der Waals surface area (Å²) in [6.45, 7) is 0.730. The number of hydrogen-bond donors (Lipinski definition) is 2. The fourth-order valence-electron chi connectivity index (χ4n) is 3.41. The van der Waals surface area contributed by atoms with E-state index >= 15 is 0 Å². The number of nitrogen functional groups attached to an aromatic ring is 1. The van der Waals surface area contributed by atoms with Gasteiger partial charge in [-0.25, -0.2) is 0 Å². The molecule has 3 N–H and O–H groups in total. The van der Waals surface area contributed by atoms with Gasteiger partial charge < -0.3 is 10.6 Å². The van der Waals surface area contributed by atoms with E-state index < -0.39 is 0 Å². The van der Waals surface area contributed by atoms with Gasteiger partial charge >= 0.3 is 0 Å². The first kappa shape index (κ1) is 15.0. The summed E-state index contributed by atoms with van der Waals surface area (Å²) in [5.41, 5.74) is 8.31. The monoisotopic (exact) mass is 340 g/mol. The SMILES string of the molecule is Nc1n[nH]c2ccc(C(=O)N3CCCC3c3ccccc3Cl)cc12. The van der Waals surface area contributed by atoms with Crippen molar-refractivity contribution in [3.63, 3.8) is 0 Å². The number of anilines is 1. The number of nitrogens with two attached hydrogens (primary N) is 1. The van der Waals surface area contributed by atoms with E-state index in [0.29, 0.717) is 16.4 Å². The van der Waals surface area contributed by atoms with E-state index in [1.807, 2.05) is 41.3 Å². The van der Waals surface area contributed by atoms with Crippen LogP contribution in [0.15, 0.2) is 42.5 Å². The molecule has 2 heterocycles. The van der Waals surface area contributed by atoms with Gasteiger partial charge in [0.2, 0.25) is 0 Å². The molecular formula is C18H17ClN4O. The summed E-state index contributed by atoms with van der Waals surface area (Å²) in [4.78, 5) is 14.9. The molecule has 0 saturated carbocycles. The first-order valence-electron chi connectivity index (χ1n) is 7.94. The highest BCUT2D eigenvalue weighted by molar-refractivity contribution is 6.31. The maximum absolute atomic E-state index is 13.0. The number of aromatic nitrogens is 2. The highest BCUT2D eigenvalue weighted by Crippen LogP contribution is 2.36. The van der Waals surface area contributed by atoms with Crippen LogP contribution in [0.4, 0.5) is 5.82 Å². The third-order valence-corrected chi connectivity index (χ3v) is 4.96. The Balaban J connectivity index is 1.69. The number of aromatic amines is 1. The summed E-state index contributed by atoms with van der Waals surface area (Å²) in [5.74, 6) is 0.406. The molecule has 0 spiro atoms. The van der Waals surface area contributed by atoms with Gasteiger partial charge in [0.25, 0.3) is 5.91 Å². The lowest BCUT2D eigenvalue weighted by molar-refractivity contribution is 0.0736. The van der Waals surface area contributed by atoms with Crippen LogP contribution in [0, 0.1) is 0 Å². The largest absolute Gasteiger partial charge is 0.382 e. The van der Waals surface area contributed by atoms with E-state index in [1.165, 1.54) is 0 Å². The summed E-state index contributed by atoms with van der Waals surface area (Å²) in [6.07, 6.45) is 1.89. The Bertz CT molecular complexity index is 920. The summed E-state index contributed by atoms with van der Waals surface area (Å²) in [5, 5.41) is 8.30. The van der Waals surface area contributed by atoms with Crippen LogP contribution in [0.5, 0.6) is 0 Å². The molecule has 3 aromatic rings. The van der Waals surface area contributed by atoms with Crippen molar-refractivity contribution in [2.24, 2.45) is 0 Å². The molecule has 1 aliphatic heterocycles. The minimum absolute atomic E-state index is 0.0000743. The molecule has 0 radical (unpaired) electrons. The number of H-pyrrole nitrogens is 1. The Hall–Kier alpha value is -2.53. The van der Waals surface area contributed by atoms with Crippen LogP contribution in [0.25, 0.3) is 10.9 Å². The molecule has 0 aliphatic carbocycles. The highest BCUT2D eigenvalue weighted by Gasteiger charge is 2.31. The number of hydrogen-bond acceptors (Lipinski definition) is 3. The van der Waals surface area contributed by atoms with Crippen molar-refractivity contribution in [1.29, 1.82) is 0 Å². The third kappa shape index (κ3) is 2.41. The van der Waals surface area contributed by atoms with Crippen LogP contribution in [0.3, 0.4) is 0 Å². The molecule has 1 atom stereocenters. The molecule has 0 bridgehead atoms. The third-order valence-electron chi connectivity index (χ3n) is 4.62. The van der Waals surface area contributed by atoms with Gasteiger partial charge in [-0.15, -0.1) is 0 Å². The maximum atomic E-state index is 13.0. The summed E-state index contributed by atoms with van der Waals surface area (Å²) < 4.78 is 0. The Kier molecular flexibility index (Phi) is 3.65. The zero-order valence-corrected chi connectivity index (χ0v) is 13.8. The number of halogens is 1. The van der Waals surface area contributed by atoms with Gasteiger partial charge in [0.1, 0.15) is 0 Å². The van der Waals surface area contributed by atoms with Gasteiger partial charge in [0.15, 0.2) is 5.82 Å². The predicted octanol–water partition coefficient (Wildman–Crippen LogP) is 3.78. The molecular weight excluding hydrogens is 324 g/mol. The minimum Gasteiger partial charge on any atom is -0.382 e. The van der Waals surface area contributed by atoms with Crippen molar-refractivity contribution in [2.75, 3.05) is 12.3 Å². The van der Waals surface area contributed by atoms with E-state index in [4.69, 9.17) is 17.3 Å². The molecule has 5 nitrogen and oxygen atoms in total. The first-order valence-corrected chi connectivity index (χ1v) is 8.32. The van der Waals surface area contributed by atoms with E-state index in [9.17, 15) is 4.79 Å². The van der Waals surface area contributed by atoms with Crippen molar-refractivity contribution in [2.45, 2.75) is 18.9 Å². The van der Waals surface area contributed by atoms with Gasteiger partial charge in [-0.3, -0.25) is 9.89 Å². The zero-order valence-electron chi connectivity index (χ0n) is 13.0. The number of rotatable bonds is 2. The number of likely N-dealkylation sites (tertiary alicyclic amines) is 1. The average molecular weight is 341 g/mol. The van der Waals surface area contributed by atoms with Crippen LogP contribution in [-0.2, 0) is 0 Å². The molecule has 1 saturated heterocycles. The lowest BCUT2D eigenvalue weighted by Crippen LogP contribution is -2.30. The lowest BCUT2D eigenvalue weighted by atomic mass is 10.0. The van der Waals surface area contributed by atoms with Crippen LogP contribution in [0.2, 0.25) is 5.02 Å². The van der Waals surface area contributed by atoms with Gasteiger partial charge in [-0.1, -0.05) is 29.8 Å². The molecule has 1 aromatic heterocycles. The number of amides is 1. The van der Waals surface area contributed by atoms with Gasteiger partial charge in [0, 0.05) is 22.5 Å². The number of nitrogens with one attached hydrogen (secondary N) is 1. The van der Waals surface area contributed by atoms with Crippen molar-refractivity contribution in [3.8, 4) is 0 Å². The van der Waals surface area contributed by atoms with E-state index in [-0.39, 0.29) is 11.9 Å². The second kappa shape index (κ2) is 5.83. The zero-order chi connectivity index (χ0) is 16.7. The first-order chi connectivity index (χ1) is 11.6. The molecule has 2 aromatic carbocycles. The molecule has 6 heteroatoms. The molecule has 1 fully saturated rings. The second-order valence-electron chi connectivity index (χ2n) is 6.05. The van der Waals surface area contributed by atoms with Gasteiger partial charge in [0.05, 0.1) is 11.6 Å². The van der Waals surface area contributed by atoms with Crippen LogP contribution >= 0.6 is 11.6 Å². The second-order valence-corrected chi connectivity index (χ2v) is 6.45. The van der Waals surface area contributed by atoms with E-state index in [0.717, 1.165) is 35.9 Å². The highest BCUT2D eigenvalue weighted by atomic mass is 35.5. The molecule has 1 amide bonds. The number of carbonyl (C=O) groups excluding carboxylic acids is 1. The Morgan fingerprint density at radius 1 is 1.29 bits per heavy atom.